The van der Waals surface area contributed by atoms with Gasteiger partial charge < -0.3 is 15.4 Å². The molecule has 4 atom stereocenters. The van der Waals surface area contributed by atoms with Crippen LogP contribution in [-0.2, 0) is 19.4 Å². The Hall–Kier alpha value is -0.660. The third kappa shape index (κ3) is 4.49. The minimum atomic E-state index is -3.17. The number of likely N-dealkylation sites (tertiary alicyclic amines) is 1. The normalized spacial score (nSPS) is 32.1. The summed E-state index contributed by atoms with van der Waals surface area (Å²) in [6, 6.07) is -0.469. The van der Waals surface area contributed by atoms with Gasteiger partial charge in [-0.25, -0.2) is 8.42 Å². The molecule has 24 heavy (non-hydrogen) atoms. The van der Waals surface area contributed by atoms with Gasteiger partial charge >= 0.3 is 0 Å². The molecule has 1 saturated carbocycles. The van der Waals surface area contributed by atoms with Crippen molar-refractivity contribution in [1.29, 1.82) is 0 Å². The molecular formula is C17H32N2O4S. The summed E-state index contributed by atoms with van der Waals surface area (Å²) in [6.07, 6.45) is 3.18. The summed E-state index contributed by atoms with van der Waals surface area (Å²) >= 11 is 0. The topological polar surface area (TPSA) is 89.7 Å². The van der Waals surface area contributed by atoms with Gasteiger partial charge in [-0.2, -0.15) is 0 Å². The molecular weight excluding hydrogens is 328 g/mol. The number of amides is 1. The van der Waals surface area contributed by atoms with E-state index in [0.29, 0.717) is 19.4 Å². The van der Waals surface area contributed by atoms with E-state index < -0.39 is 21.1 Å². The molecule has 1 heterocycles. The van der Waals surface area contributed by atoms with Crippen LogP contribution >= 0.6 is 0 Å². The molecule has 1 saturated heterocycles. The summed E-state index contributed by atoms with van der Waals surface area (Å²) in [6.45, 7) is 8.06. The van der Waals surface area contributed by atoms with E-state index in [2.05, 4.69) is 0 Å². The molecule has 0 aromatic carbocycles. The van der Waals surface area contributed by atoms with Gasteiger partial charge in [0.25, 0.3) is 0 Å². The maximum absolute atomic E-state index is 12.5. The van der Waals surface area contributed by atoms with E-state index in [1.54, 1.807) is 13.8 Å². The van der Waals surface area contributed by atoms with Crippen molar-refractivity contribution in [3.8, 4) is 0 Å². The minimum absolute atomic E-state index is 0.0322. The van der Waals surface area contributed by atoms with Crippen LogP contribution in [0, 0.1) is 5.92 Å². The number of sulfone groups is 1. The third-order valence-electron chi connectivity index (χ3n) is 5.21. The van der Waals surface area contributed by atoms with Gasteiger partial charge in [0.15, 0.2) is 9.84 Å². The second-order valence-electron chi connectivity index (χ2n) is 7.75. The third-order valence-corrected chi connectivity index (χ3v) is 7.53. The molecule has 0 radical (unpaired) electrons. The van der Waals surface area contributed by atoms with E-state index in [4.69, 9.17) is 10.5 Å². The summed E-state index contributed by atoms with van der Waals surface area (Å²) in [5.74, 6) is 0.00563. The van der Waals surface area contributed by atoms with Crippen molar-refractivity contribution < 1.29 is 17.9 Å². The monoisotopic (exact) mass is 360 g/mol. The van der Waals surface area contributed by atoms with Crippen molar-refractivity contribution in [3.05, 3.63) is 0 Å². The lowest BCUT2D eigenvalue weighted by Crippen LogP contribution is -2.50. The number of ether oxygens (including phenoxy) is 1. The van der Waals surface area contributed by atoms with Gasteiger partial charge in [-0.05, 0) is 59.3 Å². The number of hydrogen-bond donors (Lipinski definition) is 1. The molecule has 140 valence electrons. The molecule has 0 bridgehead atoms. The Morgan fingerprint density at radius 1 is 1.21 bits per heavy atom. The van der Waals surface area contributed by atoms with E-state index in [9.17, 15) is 13.2 Å². The molecule has 1 aliphatic heterocycles. The first-order valence-electron chi connectivity index (χ1n) is 9.05. The highest BCUT2D eigenvalue weighted by molar-refractivity contribution is 7.91. The zero-order valence-corrected chi connectivity index (χ0v) is 16.1. The smallest absolute Gasteiger partial charge is 0.239 e. The van der Waals surface area contributed by atoms with Gasteiger partial charge in [0, 0.05) is 12.6 Å². The molecule has 0 spiro atoms. The number of carbonyl (C=O) groups excluding carboxylic acids is 1. The molecule has 2 N–H and O–H groups in total. The first-order chi connectivity index (χ1) is 11.1. The summed E-state index contributed by atoms with van der Waals surface area (Å²) in [4.78, 5) is 14.2. The van der Waals surface area contributed by atoms with Gasteiger partial charge in [-0.3, -0.25) is 4.79 Å². The Kier molecular flexibility index (Phi) is 6.31. The molecule has 2 rings (SSSR count). The maximum Gasteiger partial charge on any atom is 0.239 e. The Morgan fingerprint density at radius 3 is 2.38 bits per heavy atom. The fraction of sp³-hybridized carbons (Fsp3) is 0.941. The van der Waals surface area contributed by atoms with E-state index >= 15 is 0 Å². The first-order valence-corrected chi connectivity index (χ1v) is 10.8. The first kappa shape index (κ1) is 19.7. The van der Waals surface area contributed by atoms with E-state index in [0.717, 1.165) is 12.8 Å². The van der Waals surface area contributed by atoms with Crippen molar-refractivity contribution in [2.24, 2.45) is 11.7 Å². The second kappa shape index (κ2) is 7.70. The van der Waals surface area contributed by atoms with Crippen LogP contribution in [0.25, 0.3) is 0 Å². The van der Waals surface area contributed by atoms with Crippen molar-refractivity contribution in [2.45, 2.75) is 82.9 Å². The van der Waals surface area contributed by atoms with Gasteiger partial charge in [-0.15, -0.1) is 0 Å². The van der Waals surface area contributed by atoms with Crippen LogP contribution in [0.4, 0.5) is 0 Å². The summed E-state index contributed by atoms with van der Waals surface area (Å²) in [7, 11) is -3.17. The lowest BCUT2D eigenvalue weighted by Gasteiger charge is -2.41. The largest absolute Gasteiger partial charge is 0.376 e. The zero-order valence-electron chi connectivity index (χ0n) is 15.3. The fourth-order valence-electron chi connectivity index (χ4n) is 3.85. The molecule has 2 fully saturated rings. The van der Waals surface area contributed by atoms with Crippen LogP contribution in [0.15, 0.2) is 0 Å². The standard InChI is InChI=1S/C17H32N2O4S/c1-11(2)23-14-5-6-16(19-8-7-15(18)17(19)20)13(9-14)10-24(21,22)12(3)4/h11-16H,5-10,18H2,1-4H3/t13-,14-,15+,16+/m1/s1. The van der Waals surface area contributed by atoms with E-state index in [-0.39, 0.29) is 35.8 Å². The van der Waals surface area contributed by atoms with Gasteiger partial charge in [0.2, 0.25) is 5.91 Å². The highest BCUT2D eigenvalue weighted by Crippen LogP contribution is 2.34. The van der Waals surface area contributed by atoms with Crippen molar-refractivity contribution >= 4 is 15.7 Å². The van der Waals surface area contributed by atoms with Crippen LogP contribution in [0.2, 0.25) is 0 Å². The van der Waals surface area contributed by atoms with E-state index in [1.807, 2.05) is 18.7 Å². The average molecular weight is 361 g/mol. The van der Waals surface area contributed by atoms with Crippen molar-refractivity contribution in [1.82, 2.24) is 4.90 Å². The molecule has 0 aromatic heterocycles. The number of hydrogen-bond acceptors (Lipinski definition) is 5. The van der Waals surface area contributed by atoms with Gasteiger partial charge in [-0.1, -0.05) is 0 Å². The molecule has 2 aliphatic rings. The van der Waals surface area contributed by atoms with Crippen molar-refractivity contribution in [2.75, 3.05) is 12.3 Å². The Bertz CT molecular complexity index is 547. The number of rotatable bonds is 6. The SMILES string of the molecule is CC(C)O[C@@H]1CC[C@H](N2CC[C@H](N)C2=O)[C@@H](CS(=O)(=O)C(C)C)C1. The summed E-state index contributed by atoms with van der Waals surface area (Å²) in [5, 5.41) is -0.402. The average Bonchev–Trinajstić information content (AvgIpc) is 2.78. The number of nitrogens with zero attached hydrogens (tertiary/aromatic N) is 1. The molecule has 1 amide bonds. The van der Waals surface area contributed by atoms with E-state index in [1.165, 1.54) is 0 Å². The Balaban J connectivity index is 2.17. The Morgan fingerprint density at radius 2 is 1.88 bits per heavy atom. The highest BCUT2D eigenvalue weighted by Gasteiger charge is 2.42. The van der Waals surface area contributed by atoms with Crippen molar-refractivity contribution in [3.63, 3.8) is 0 Å². The quantitative estimate of drug-likeness (QED) is 0.772. The predicted molar refractivity (Wildman–Crippen MR) is 94.4 cm³/mol. The van der Waals surface area contributed by atoms with Crippen LogP contribution in [0.5, 0.6) is 0 Å². The second-order valence-corrected chi connectivity index (χ2v) is 10.4. The fourth-order valence-corrected chi connectivity index (χ4v) is 5.19. The molecule has 0 unspecified atom stereocenters. The minimum Gasteiger partial charge on any atom is -0.376 e. The lowest BCUT2D eigenvalue weighted by atomic mass is 9.83. The number of carbonyl (C=O) groups is 1. The predicted octanol–water partition coefficient (Wildman–Crippen LogP) is 1.33. The van der Waals surface area contributed by atoms with Crippen LogP contribution in [0.1, 0.15) is 53.4 Å². The van der Waals surface area contributed by atoms with Crippen LogP contribution in [-0.4, -0.2) is 61.1 Å². The summed E-state index contributed by atoms with van der Waals surface area (Å²) in [5.41, 5.74) is 5.86. The molecule has 7 heteroatoms. The van der Waals surface area contributed by atoms with Crippen LogP contribution in [0.3, 0.4) is 0 Å². The molecule has 0 aromatic rings. The van der Waals surface area contributed by atoms with Gasteiger partial charge in [0.1, 0.15) is 0 Å². The number of nitrogens with two attached hydrogens (primary N) is 1. The van der Waals surface area contributed by atoms with Gasteiger partial charge in [0.05, 0.1) is 29.3 Å². The zero-order chi connectivity index (χ0) is 18.1. The van der Waals surface area contributed by atoms with Crippen LogP contribution < -0.4 is 5.73 Å². The Labute approximate surface area is 146 Å². The molecule has 1 aliphatic carbocycles. The molecule has 6 nitrogen and oxygen atoms in total. The summed E-state index contributed by atoms with van der Waals surface area (Å²) < 4.78 is 30.9. The maximum atomic E-state index is 12.5. The lowest BCUT2D eigenvalue weighted by molar-refractivity contribution is -0.133. The highest BCUT2D eigenvalue weighted by atomic mass is 32.2.